The molecule has 1 N–H and O–H groups in total. The minimum absolute atomic E-state index is 0.294. The van der Waals surface area contributed by atoms with Crippen LogP contribution in [0.1, 0.15) is 5.56 Å². The van der Waals surface area contributed by atoms with Crippen molar-refractivity contribution in [3.05, 3.63) is 40.6 Å². The highest BCUT2D eigenvalue weighted by Crippen LogP contribution is 2.17. The first kappa shape index (κ1) is 12.2. The van der Waals surface area contributed by atoms with E-state index in [9.17, 15) is 4.39 Å². The number of hydrogen-bond acceptors (Lipinski definition) is 2. The van der Waals surface area contributed by atoms with Crippen molar-refractivity contribution in [1.29, 1.82) is 0 Å². The summed E-state index contributed by atoms with van der Waals surface area (Å²) in [5.74, 6) is 0.221. The quantitative estimate of drug-likeness (QED) is 0.891. The number of ether oxygens (including phenoxy) is 1. The van der Waals surface area contributed by atoms with E-state index in [-0.39, 0.29) is 5.82 Å². The maximum atomic E-state index is 13.1. The molecule has 2 nitrogen and oxygen atoms in total. The number of benzene rings is 1. The molecule has 0 unspecified atom stereocenters. The van der Waals surface area contributed by atoms with Gasteiger partial charge in [-0.15, -0.1) is 0 Å². The lowest BCUT2D eigenvalue weighted by atomic mass is 10.2. The van der Waals surface area contributed by atoms with E-state index in [1.54, 1.807) is 6.07 Å². The zero-order chi connectivity index (χ0) is 11.3. The predicted octanol–water partition coefficient (Wildman–Crippen LogP) is 2.83. The molecule has 82 valence electrons. The highest BCUT2D eigenvalue weighted by Gasteiger charge is 2.01. The molecular weight excluding hydrogens is 261 g/mol. The fraction of sp³-hybridized carbons (Fsp3) is 0.273. The molecule has 0 aliphatic carbocycles. The molecule has 1 aromatic carbocycles. The number of halogens is 2. The molecular formula is C11H13BrFNO. The van der Waals surface area contributed by atoms with Gasteiger partial charge >= 0.3 is 0 Å². The first-order valence-corrected chi connectivity index (χ1v) is 5.31. The summed E-state index contributed by atoms with van der Waals surface area (Å²) in [4.78, 5) is 0. The minimum atomic E-state index is -0.294. The molecule has 0 atom stereocenters. The van der Waals surface area contributed by atoms with E-state index in [1.807, 2.05) is 7.05 Å². The van der Waals surface area contributed by atoms with Crippen LogP contribution in [0.2, 0.25) is 0 Å². The third-order valence-electron chi connectivity index (χ3n) is 1.71. The van der Waals surface area contributed by atoms with E-state index >= 15 is 0 Å². The van der Waals surface area contributed by atoms with Crippen LogP contribution in [-0.2, 0) is 6.54 Å². The summed E-state index contributed by atoms with van der Waals surface area (Å²) in [6.45, 7) is 4.59. The van der Waals surface area contributed by atoms with Gasteiger partial charge in [-0.1, -0.05) is 22.5 Å². The highest BCUT2D eigenvalue weighted by atomic mass is 79.9. The molecule has 0 fully saturated rings. The minimum Gasteiger partial charge on any atom is -0.488 e. The van der Waals surface area contributed by atoms with E-state index in [0.717, 1.165) is 10.0 Å². The van der Waals surface area contributed by atoms with Crippen molar-refractivity contribution in [1.82, 2.24) is 5.32 Å². The largest absolute Gasteiger partial charge is 0.488 e. The Bertz CT molecular complexity index is 354. The number of rotatable bonds is 5. The number of hydrogen-bond donors (Lipinski definition) is 1. The normalized spacial score (nSPS) is 10.1. The van der Waals surface area contributed by atoms with Crippen LogP contribution in [0, 0.1) is 5.82 Å². The van der Waals surface area contributed by atoms with Crippen molar-refractivity contribution in [2.24, 2.45) is 0 Å². The molecule has 0 aliphatic rings. The van der Waals surface area contributed by atoms with E-state index < -0.39 is 0 Å². The summed E-state index contributed by atoms with van der Waals surface area (Å²) < 4.78 is 19.2. The molecule has 15 heavy (non-hydrogen) atoms. The summed E-state index contributed by atoms with van der Waals surface area (Å²) >= 11 is 3.17. The van der Waals surface area contributed by atoms with Gasteiger partial charge in [-0.25, -0.2) is 4.39 Å². The van der Waals surface area contributed by atoms with Crippen LogP contribution in [0.25, 0.3) is 0 Å². The van der Waals surface area contributed by atoms with Gasteiger partial charge in [0.05, 0.1) is 0 Å². The third kappa shape index (κ3) is 4.44. The summed E-state index contributed by atoms with van der Waals surface area (Å²) in [5, 5.41) is 2.95. The van der Waals surface area contributed by atoms with Gasteiger partial charge < -0.3 is 10.1 Å². The summed E-state index contributed by atoms with van der Waals surface area (Å²) in [6.07, 6.45) is 0. The smallest absolute Gasteiger partial charge is 0.127 e. The molecule has 0 heterocycles. The first-order valence-electron chi connectivity index (χ1n) is 4.52. The van der Waals surface area contributed by atoms with Crippen molar-refractivity contribution >= 4 is 15.9 Å². The lowest BCUT2D eigenvalue weighted by Gasteiger charge is -2.07. The molecule has 1 rings (SSSR count). The molecule has 4 heteroatoms. The van der Waals surface area contributed by atoms with Crippen molar-refractivity contribution in [2.45, 2.75) is 6.54 Å². The van der Waals surface area contributed by atoms with E-state index in [2.05, 4.69) is 27.8 Å². The van der Waals surface area contributed by atoms with Gasteiger partial charge in [0.1, 0.15) is 18.2 Å². The van der Waals surface area contributed by atoms with Gasteiger partial charge in [-0.3, -0.25) is 0 Å². The molecule has 1 aromatic rings. The Morgan fingerprint density at radius 2 is 2.27 bits per heavy atom. The first-order chi connectivity index (χ1) is 7.11. The fourth-order valence-electron chi connectivity index (χ4n) is 1.17. The Hall–Kier alpha value is -0.870. The highest BCUT2D eigenvalue weighted by molar-refractivity contribution is 9.11. The van der Waals surface area contributed by atoms with Crippen LogP contribution in [0.3, 0.4) is 0 Å². The van der Waals surface area contributed by atoms with Crippen molar-refractivity contribution < 1.29 is 9.13 Å². The van der Waals surface area contributed by atoms with Crippen molar-refractivity contribution in [2.75, 3.05) is 13.7 Å². The van der Waals surface area contributed by atoms with Crippen LogP contribution in [0.15, 0.2) is 29.3 Å². The molecule has 0 radical (unpaired) electrons. The van der Waals surface area contributed by atoms with Gasteiger partial charge in [0, 0.05) is 17.1 Å². The van der Waals surface area contributed by atoms with Gasteiger partial charge in [0.2, 0.25) is 0 Å². The molecule has 0 amide bonds. The lowest BCUT2D eigenvalue weighted by Crippen LogP contribution is -2.06. The van der Waals surface area contributed by atoms with Crippen LogP contribution in [-0.4, -0.2) is 13.7 Å². The molecule has 0 spiro atoms. The molecule has 0 saturated carbocycles. The third-order valence-corrected chi connectivity index (χ3v) is 1.94. The zero-order valence-corrected chi connectivity index (χ0v) is 10.1. The molecule has 0 saturated heterocycles. The predicted molar refractivity (Wildman–Crippen MR) is 62.7 cm³/mol. The van der Waals surface area contributed by atoms with E-state index in [1.165, 1.54) is 12.1 Å². The molecule has 0 aliphatic heterocycles. The Balaban J connectivity index is 2.74. The zero-order valence-electron chi connectivity index (χ0n) is 8.52. The van der Waals surface area contributed by atoms with Crippen LogP contribution < -0.4 is 10.1 Å². The second kappa shape index (κ2) is 5.88. The van der Waals surface area contributed by atoms with Crippen LogP contribution in [0.4, 0.5) is 4.39 Å². The second-order valence-electron chi connectivity index (χ2n) is 3.13. The second-order valence-corrected chi connectivity index (χ2v) is 4.25. The van der Waals surface area contributed by atoms with Crippen LogP contribution in [0.5, 0.6) is 5.75 Å². The van der Waals surface area contributed by atoms with Crippen molar-refractivity contribution in [3.8, 4) is 5.75 Å². The Morgan fingerprint density at radius 1 is 1.53 bits per heavy atom. The summed E-state index contributed by atoms with van der Waals surface area (Å²) in [6, 6.07) is 4.64. The maximum Gasteiger partial charge on any atom is 0.127 e. The maximum absolute atomic E-state index is 13.1. The van der Waals surface area contributed by atoms with Crippen LogP contribution >= 0.6 is 15.9 Å². The molecule has 0 bridgehead atoms. The summed E-state index contributed by atoms with van der Waals surface area (Å²) in [5.41, 5.74) is 0.854. The fourth-order valence-corrected chi connectivity index (χ4v) is 1.29. The Morgan fingerprint density at radius 3 is 2.87 bits per heavy atom. The lowest BCUT2D eigenvalue weighted by molar-refractivity contribution is 0.358. The topological polar surface area (TPSA) is 21.3 Å². The van der Waals surface area contributed by atoms with E-state index in [4.69, 9.17) is 4.74 Å². The standard InChI is InChI=1S/C11H13BrFNO/c1-8(12)7-15-11-4-9(6-14-2)3-10(13)5-11/h3-5,14H,1,6-7H2,2H3. The van der Waals surface area contributed by atoms with Gasteiger partial charge in [-0.2, -0.15) is 0 Å². The average Bonchev–Trinajstić information content (AvgIpc) is 2.14. The Kier molecular flexibility index (Phi) is 4.78. The van der Waals surface area contributed by atoms with Crippen molar-refractivity contribution in [3.63, 3.8) is 0 Å². The average molecular weight is 274 g/mol. The number of nitrogens with one attached hydrogen (secondary N) is 1. The van der Waals surface area contributed by atoms with Gasteiger partial charge in [-0.05, 0) is 24.7 Å². The monoisotopic (exact) mass is 273 g/mol. The van der Waals surface area contributed by atoms with E-state index in [0.29, 0.717) is 18.9 Å². The SMILES string of the molecule is C=C(Br)COc1cc(F)cc(CNC)c1. The van der Waals surface area contributed by atoms with Gasteiger partial charge in [0.15, 0.2) is 0 Å². The van der Waals surface area contributed by atoms with Gasteiger partial charge in [0.25, 0.3) is 0 Å². The Labute approximate surface area is 97.3 Å². The molecule has 0 aromatic heterocycles. The summed E-state index contributed by atoms with van der Waals surface area (Å²) in [7, 11) is 1.81.